The van der Waals surface area contributed by atoms with Gasteiger partial charge in [-0.2, -0.15) is 4.98 Å². The van der Waals surface area contributed by atoms with Crippen LogP contribution in [0.25, 0.3) is 11.3 Å². The van der Waals surface area contributed by atoms with Gasteiger partial charge in [-0.05, 0) is 43.3 Å². The first-order valence-corrected chi connectivity index (χ1v) is 11.6. The Bertz CT molecular complexity index is 1360. The zero-order valence-electron chi connectivity index (χ0n) is 18.7. The second-order valence-electron chi connectivity index (χ2n) is 7.67. The fourth-order valence-electron chi connectivity index (χ4n) is 3.10. The first-order valence-electron chi connectivity index (χ1n) is 10.1. The lowest BCUT2D eigenvalue weighted by Crippen LogP contribution is -2.13. The first kappa shape index (κ1) is 22.3. The highest BCUT2D eigenvalue weighted by molar-refractivity contribution is 7.92. The van der Waals surface area contributed by atoms with Crippen LogP contribution in [0.5, 0.6) is 0 Å². The summed E-state index contributed by atoms with van der Waals surface area (Å²) in [6, 6.07) is 15.2. The molecule has 2 aromatic heterocycles. The van der Waals surface area contributed by atoms with Crippen LogP contribution in [-0.4, -0.2) is 37.5 Å². The fourth-order valence-corrected chi connectivity index (χ4v) is 4.16. The van der Waals surface area contributed by atoms with Crippen LogP contribution in [0, 0.1) is 13.8 Å². The molecule has 2 heterocycles. The number of sulfonamides is 1. The zero-order chi connectivity index (χ0) is 23.6. The molecule has 2 aromatic carbocycles. The lowest BCUT2D eigenvalue weighted by molar-refractivity contribution is 0.521. The maximum atomic E-state index is 12.8. The molecule has 0 aliphatic rings. The van der Waals surface area contributed by atoms with Crippen LogP contribution in [0.4, 0.5) is 23.1 Å². The lowest BCUT2D eigenvalue weighted by atomic mass is 10.2. The third-order valence-corrected chi connectivity index (χ3v) is 6.17. The van der Waals surface area contributed by atoms with E-state index in [0.29, 0.717) is 23.2 Å². The van der Waals surface area contributed by atoms with Crippen LogP contribution in [0.3, 0.4) is 0 Å². The second kappa shape index (κ2) is 8.91. The molecule has 2 N–H and O–H groups in total. The summed E-state index contributed by atoms with van der Waals surface area (Å²) < 4.78 is 33.4. The van der Waals surface area contributed by atoms with Crippen LogP contribution < -0.4 is 14.9 Å². The molecule has 0 unspecified atom stereocenters. The number of aryl methyl sites for hydroxylation is 2. The standard InChI is InChI=1S/C23H24N6O3S/c1-15-13-22(29(3)4)27-23(24-15)26-18-7-9-19(10-8-18)28-33(30,31)20-11-5-17(6-12-20)21-14-32-16(2)25-21/h5-14,28H,1-4H3,(H,24,26,27). The highest BCUT2D eigenvalue weighted by Crippen LogP contribution is 2.24. The van der Waals surface area contributed by atoms with Gasteiger partial charge in [0.2, 0.25) is 5.95 Å². The largest absolute Gasteiger partial charge is 0.449 e. The van der Waals surface area contributed by atoms with Crippen molar-refractivity contribution in [2.75, 3.05) is 29.0 Å². The zero-order valence-corrected chi connectivity index (χ0v) is 19.5. The first-order chi connectivity index (χ1) is 15.7. The summed E-state index contributed by atoms with van der Waals surface area (Å²) in [5.74, 6) is 1.81. The normalized spacial score (nSPS) is 11.3. The predicted octanol–water partition coefficient (Wildman–Crippen LogP) is 4.36. The number of rotatable bonds is 7. The number of benzene rings is 2. The van der Waals surface area contributed by atoms with Crippen molar-refractivity contribution in [1.29, 1.82) is 0 Å². The Morgan fingerprint density at radius 1 is 0.879 bits per heavy atom. The molecule has 0 amide bonds. The van der Waals surface area contributed by atoms with Crippen molar-refractivity contribution >= 4 is 33.2 Å². The molecule has 33 heavy (non-hydrogen) atoms. The summed E-state index contributed by atoms with van der Waals surface area (Å²) in [7, 11) is 0.0800. The molecule has 0 aliphatic heterocycles. The number of oxazole rings is 1. The maximum absolute atomic E-state index is 12.8. The molecule has 0 bridgehead atoms. The molecule has 0 spiro atoms. The van der Waals surface area contributed by atoms with E-state index in [-0.39, 0.29) is 4.90 Å². The van der Waals surface area contributed by atoms with Crippen molar-refractivity contribution in [1.82, 2.24) is 15.0 Å². The van der Waals surface area contributed by atoms with E-state index in [2.05, 4.69) is 25.0 Å². The van der Waals surface area contributed by atoms with Gasteiger partial charge in [-0.15, -0.1) is 0 Å². The minimum Gasteiger partial charge on any atom is -0.449 e. The van der Waals surface area contributed by atoms with E-state index in [4.69, 9.17) is 4.42 Å². The Morgan fingerprint density at radius 3 is 2.15 bits per heavy atom. The highest BCUT2D eigenvalue weighted by atomic mass is 32.2. The lowest BCUT2D eigenvalue weighted by Gasteiger charge is -2.14. The van der Waals surface area contributed by atoms with E-state index >= 15 is 0 Å². The van der Waals surface area contributed by atoms with E-state index in [1.165, 1.54) is 18.4 Å². The summed E-state index contributed by atoms with van der Waals surface area (Å²) in [4.78, 5) is 15.2. The Morgan fingerprint density at radius 2 is 1.55 bits per heavy atom. The van der Waals surface area contributed by atoms with Crippen molar-refractivity contribution < 1.29 is 12.8 Å². The molecule has 0 radical (unpaired) electrons. The van der Waals surface area contributed by atoms with Gasteiger partial charge in [0.05, 0.1) is 4.90 Å². The van der Waals surface area contributed by atoms with Gasteiger partial charge in [-0.1, -0.05) is 12.1 Å². The van der Waals surface area contributed by atoms with Crippen LogP contribution >= 0.6 is 0 Å². The number of hydrogen-bond acceptors (Lipinski definition) is 8. The van der Waals surface area contributed by atoms with Crippen molar-refractivity contribution in [2.45, 2.75) is 18.7 Å². The Balaban J connectivity index is 1.46. The predicted molar refractivity (Wildman–Crippen MR) is 128 cm³/mol. The maximum Gasteiger partial charge on any atom is 0.261 e. The monoisotopic (exact) mass is 464 g/mol. The van der Waals surface area contributed by atoms with Gasteiger partial charge in [0.25, 0.3) is 10.0 Å². The van der Waals surface area contributed by atoms with Crippen LogP contribution in [0.1, 0.15) is 11.6 Å². The summed E-state index contributed by atoms with van der Waals surface area (Å²) in [5.41, 5.74) is 3.45. The molecule has 0 saturated heterocycles. The summed E-state index contributed by atoms with van der Waals surface area (Å²) >= 11 is 0. The molecule has 4 aromatic rings. The van der Waals surface area contributed by atoms with Gasteiger partial charge in [0.15, 0.2) is 5.89 Å². The number of nitrogens with zero attached hydrogens (tertiary/aromatic N) is 4. The van der Waals surface area contributed by atoms with Crippen molar-refractivity contribution in [2.24, 2.45) is 0 Å². The van der Waals surface area contributed by atoms with Gasteiger partial charge in [-0.25, -0.2) is 18.4 Å². The molecule has 170 valence electrons. The Labute approximate surface area is 192 Å². The molecule has 0 aliphatic carbocycles. The molecule has 0 fully saturated rings. The minimum atomic E-state index is -3.74. The third kappa shape index (κ3) is 5.29. The third-order valence-electron chi connectivity index (χ3n) is 4.77. The van der Waals surface area contributed by atoms with Gasteiger partial charge < -0.3 is 14.6 Å². The fraction of sp³-hybridized carbons (Fsp3) is 0.174. The average molecular weight is 465 g/mol. The number of nitrogens with one attached hydrogen (secondary N) is 2. The van der Waals surface area contributed by atoms with E-state index in [0.717, 1.165) is 22.8 Å². The Kier molecular flexibility index (Phi) is 6.01. The minimum absolute atomic E-state index is 0.151. The van der Waals surface area contributed by atoms with Crippen LogP contribution in [-0.2, 0) is 10.0 Å². The topological polar surface area (TPSA) is 113 Å². The van der Waals surface area contributed by atoms with Crippen molar-refractivity contribution in [3.63, 3.8) is 0 Å². The quantitative estimate of drug-likeness (QED) is 0.415. The molecule has 0 saturated carbocycles. The van der Waals surface area contributed by atoms with Crippen molar-refractivity contribution in [3.8, 4) is 11.3 Å². The summed E-state index contributed by atoms with van der Waals surface area (Å²) in [6.45, 7) is 3.65. The van der Waals surface area contributed by atoms with E-state index in [9.17, 15) is 8.42 Å². The molecule has 9 nitrogen and oxygen atoms in total. The second-order valence-corrected chi connectivity index (χ2v) is 9.35. The molecular formula is C23H24N6O3S. The Hall–Kier alpha value is -3.92. The molecule has 4 rings (SSSR count). The van der Waals surface area contributed by atoms with E-state index in [1.807, 2.05) is 32.0 Å². The van der Waals surface area contributed by atoms with Gasteiger partial charge in [-0.3, -0.25) is 4.72 Å². The molecular weight excluding hydrogens is 440 g/mol. The average Bonchev–Trinajstić information content (AvgIpc) is 3.21. The molecule has 10 heteroatoms. The smallest absolute Gasteiger partial charge is 0.261 e. The van der Waals surface area contributed by atoms with E-state index in [1.54, 1.807) is 43.3 Å². The summed E-state index contributed by atoms with van der Waals surface area (Å²) in [5, 5.41) is 3.15. The van der Waals surface area contributed by atoms with Gasteiger partial charge in [0.1, 0.15) is 17.8 Å². The highest BCUT2D eigenvalue weighted by Gasteiger charge is 2.15. The van der Waals surface area contributed by atoms with Crippen LogP contribution in [0.2, 0.25) is 0 Å². The van der Waals surface area contributed by atoms with Gasteiger partial charge >= 0.3 is 0 Å². The summed E-state index contributed by atoms with van der Waals surface area (Å²) in [6.07, 6.45) is 1.54. The molecule has 0 atom stereocenters. The van der Waals surface area contributed by atoms with Crippen molar-refractivity contribution in [3.05, 3.63) is 72.4 Å². The number of aromatic nitrogens is 3. The number of anilines is 4. The van der Waals surface area contributed by atoms with Gasteiger partial charge in [0, 0.05) is 49.7 Å². The van der Waals surface area contributed by atoms with E-state index < -0.39 is 10.0 Å². The number of hydrogen-bond donors (Lipinski definition) is 2. The van der Waals surface area contributed by atoms with Crippen LogP contribution in [0.15, 0.2) is 70.2 Å². The SMILES string of the molecule is Cc1cc(N(C)C)nc(Nc2ccc(NS(=O)(=O)c3ccc(-c4coc(C)n4)cc3)cc2)n1.